The third kappa shape index (κ3) is 6.29. The van der Waals surface area contributed by atoms with Crippen LogP contribution in [0.15, 0.2) is 0 Å². The fraction of sp³-hybridized carbons (Fsp3) is 0. The predicted octanol–water partition coefficient (Wildman–Crippen LogP) is -20.1. The van der Waals surface area contributed by atoms with E-state index in [-0.39, 0.29) is 219 Å². The Hall–Kier alpha value is -3.51. The van der Waals surface area contributed by atoms with Crippen molar-refractivity contribution in [2.45, 2.75) is 0 Å². The maximum absolute atomic E-state index is 7.30. The standard InChI is InChI=1S/C40B26/c41-15-7-8-12(29(55)37(63)36(62)20(8)46)26(52)25(51)11(7)24(50)21(47)9(15)1-3-5(18(44)34(60)32(58)16(3)42)2(6-4(1)17(43)33(59)35(61)19(6)45)10-22(48)27(53)13(28(54)23(10)49)14-30(56)38(64)40(66)39(65)31(14)57. The van der Waals surface area contributed by atoms with Gasteiger partial charge in [0.15, 0.2) is 0 Å². The quantitative estimate of drug-likeness (QED) is 0.0956. The van der Waals surface area contributed by atoms with Crippen LogP contribution in [0.4, 0.5) is 0 Å². The molecule has 0 amide bonds. The Morgan fingerprint density at radius 1 is 0.0909 bits per heavy atom. The van der Waals surface area contributed by atoms with Gasteiger partial charge in [0, 0.05) is 0 Å². The molecular weight excluding hydrogens is 762 g/mol. The Morgan fingerprint density at radius 2 is 0.227 bits per heavy atom. The van der Waals surface area contributed by atoms with Gasteiger partial charge in [-0.25, -0.2) is 0 Å². The lowest BCUT2D eigenvalue weighted by atomic mass is 9.54. The van der Waals surface area contributed by atoms with Crippen molar-refractivity contribution in [1.29, 1.82) is 0 Å². The maximum atomic E-state index is 7.30. The molecule has 8 rings (SSSR count). The molecule has 26 heteroatoms. The second-order valence-electron chi connectivity index (χ2n) is 16.0. The van der Waals surface area contributed by atoms with Gasteiger partial charge in [0.05, 0.1) is 0 Å². The van der Waals surface area contributed by atoms with Gasteiger partial charge in [0.2, 0.25) is 0 Å². The summed E-state index contributed by atoms with van der Waals surface area (Å²) in [6, 6.07) is 0. The van der Waals surface area contributed by atoms with Gasteiger partial charge in [0.1, 0.15) is 204 Å². The first-order valence-electron chi connectivity index (χ1n) is 19.3. The summed E-state index contributed by atoms with van der Waals surface area (Å²) in [5.74, 6) is 0. The minimum absolute atomic E-state index is 0.000681. The predicted molar refractivity (Wildman–Crippen MR) is 313 cm³/mol. The Morgan fingerprint density at radius 3 is 0.530 bits per heavy atom. The lowest BCUT2D eigenvalue weighted by molar-refractivity contribution is 1.83. The number of fused-ring (bicyclic) bond motifs is 5. The van der Waals surface area contributed by atoms with Gasteiger partial charge >= 0.3 is 0 Å². The van der Waals surface area contributed by atoms with E-state index in [1.54, 1.807) is 0 Å². The average Bonchev–Trinajstić information content (AvgIpc) is 3.28. The Bertz CT molecular complexity index is 3510. The van der Waals surface area contributed by atoms with E-state index in [9.17, 15) is 0 Å². The molecule has 0 atom stereocenters. The van der Waals surface area contributed by atoms with Gasteiger partial charge in [-0.3, -0.25) is 0 Å². The molecule has 0 saturated heterocycles. The Kier molecular flexibility index (Phi) is 12.3. The van der Waals surface area contributed by atoms with Crippen LogP contribution in [0.5, 0.6) is 0 Å². The van der Waals surface area contributed by atoms with Crippen molar-refractivity contribution in [1.82, 2.24) is 0 Å². The first-order valence-corrected chi connectivity index (χ1v) is 19.3. The van der Waals surface area contributed by atoms with Gasteiger partial charge in [-0.1, -0.05) is 92.9 Å². The SMILES string of the molecule is [B]c1c([B])c([B])c(-c2c([B])c([B])c(-c3c4c([B])c([B])c([B])c([B])c4c(-c4c([B])c([B])c5c([B])c([B])c6c([B])c([B])c([B])c([B])c6c5c4[B])c4c([B])c([B])c([B])c([B])c34)c([B])c2[B])c([B])c1[B]. The van der Waals surface area contributed by atoms with Crippen molar-refractivity contribution >= 4 is 389 Å². The molecular formula is C40B26. The summed E-state index contributed by atoms with van der Waals surface area (Å²) in [6.07, 6.45) is 0. The van der Waals surface area contributed by atoms with E-state index in [4.69, 9.17) is 204 Å². The van der Waals surface area contributed by atoms with Gasteiger partial charge in [-0.05, 0) is 76.5 Å². The maximum Gasteiger partial charge on any atom is 0.115 e. The fourth-order valence-corrected chi connectivity index (χ4v) is 9.19. The molecule has 52 radical (unpaired) electrons. The van der Waals surface area contributed by atoms with Crippen LogP contribution in [-0.2, 0) is 0 Å². The highest BCUT2D eigenvalue weighted by molar-refractivity contribution is 6.78. The van der Waals surface area contributed by atoms with Gasteiger partial charge < -0.3 is 0 Å². The highest BCUT2D eigenvalue weighted by Crippen LogP contribution is 2.39. The van der Waals surface area contributed by atoms with E-state index in [1.807, 2.05) is 0 Å². The molecule has 0 bridgehead atoms. The number of benzene rings is 8. The molecule has 8 aromatic carbocycles. The molecule has 0 N–H and O–H groups in total. The summed E-state index contributed by atoms with van der Waals surface area (Å²) in [5.41, 5.74) is -3.99. The largest absolute Gasteiger partial charge is 0.115 e. The number of rotatable bonds is 3. The third-order valence-corrected chi connectivity index (χ3v) is 12.8. The van der Waals surface area contributed by atoms with E-state index >= 15 is 0 Å². The summed E-state index contributed by atoms with van der Waals surface area (Å²) in [7, 11) is 174. The highest BCUT2D eigenvalue weighted by atomic mass is 14.3. The number of hydrogen-bond donors (Lipinski definition) is 0. The van der Waals surface area contributed by atoms with Gasteiger partial charge in [0.25, 0.3) is 0 Å². The Labute approximate surface area is 419 Å². The minimum Gasteiger partial charge on any atom is -0.112 e. The van der Waals surface area contributed by atoms with E-state index in [0.29, 0.717) is 0 Å². The van der Waals surface area contributed by atoms with E-state index in [1.165, 1.54) is 0 Å². The first-order chi connectivity index (χ1) is 30.7. The van der Waals surface area contributed by atoms with Crippen LogP contribution in [-0.4, -0.2) is 204 Å². The summed E-state index contributed by atoms with van der Waals surface area (Å²) in [5, 5.41) is 0.387. The fourth-order valence-electron chi connectivity index (χ4n) is 9.19. The molecule has 0 aliphatic carbocycles. The van der Waals surface area contributed by atoms with E-state index in [0.717, 1.165) is 0 Å². The summed E-state index contributed by atoms with van der Waals surface area (Å²) in [6.45, 7) is 0. The van der Waals surface area contributed by atoms with E-state index in [2.05, 4.69) is 0 Å². The molecule has 0 saturated carbocycles. The summed E-state index contributed by atoms with van der Waals surface area (Å²) < 4.78 is 0. The van der Waals surface area contributed by atoms with Gasteiger partial charge in [-0.2, -0.15) is 0 Å². The first kappa shape index (κ1) is 48.9. The monoisotopic (exact) mass is 766 g/mol. The third-order valence-electron chi connectivity index (χ3n) is 12.8. The average molecular weight is 762 g/mol. The number of hydrogen-bond acceptors (Lipinski definition) is 0. The molecule has 0 nitrogen and oxygen atoms in total. The molecule has 0 fully saturated rings. The molecule has 0 unspecified atom stereocenters. The normalized spacial score (nSPS) is 11.7. The topological polar surface area (TPSA) is 0 Å². The minimum atomic E-state index is -0.236. The smallest absolute Gasteiger partial charge is 0.112 e. The molecule has 238 valence electrons. The zero-order valence-electron chi connectivity index (χ0n) is 35.0. The van der Waals surface area contributed by atoms with Crippen molar-refractivity contribution in [3.63, 3.8) is 0 Å². The molecule has 0 aliphatic heterocycles. The van der Waals surface area contributed by atoms with Crippen LogP contribution in [0.25, 0.3) is 76.5 Å². The van der Waals surface area contributed by atoms with Crippen LogP contribution in [0.2, 0.25) is 0 Å². The molecule has 0 aromatic heterocycles. The second-order valence-corrected chi connectivity index (χ2v) is 16.0. The molecule has 0 aliphatic rings. The van der Waals surface area contributed by atoms with Crippen molar-refractivity contribution in [2.75, 3.05) is 0 Å². The van der Waals surface area contributed by atoms with Crippen molar-refractivity contribution < 1.29 is 0 Å². The van der Waals surface area contributed by atoms with Gasteiger partial charge in [-0.15, -0.1) is 49.2 Å². The zero-order chi connectivity index (χ0) is 49.1. The second kappa shape index (κ2) is 16.6. The summed E-state index contributed by atoms with van der Waals surface area (Å²) in [4.78, 5) is 0. The zero-order valence-corrected chi connectivity index (χ0v) is 35.0. The highest BCUT2D eigenvalue weighted by Gasteiger charge is 2.30. The lowest BCUT2D eigenvalue weighted by Gasteiger charge is -2.33. The van der Waals surface area contributed by atoms with Crippen LogP contribution < -0.4 is 142 Å². The lowest BCUT2D eigenvalue weighted by Crippen LogP contribution is -2.57. The van der Waals surface area contributed by atoms with Crippen molar-refractivity contribution in [3.8, 4) is 33.4 Å². The van der Waals surface area contributed by atoms with Crippen LogP contribution >= 0.6 is 0 Å². The molecule has 8 aromatic rings. The van der Waals surface area contributed by atoms with Crippen LogP contribution in [0.1, 0.15) is 0 Å². The summed E-state index contributed by atoms with van der Waals surface area (Å²) >= 11 is 0. The van der Waals surface area contributed by atoms with Crippen LogP contribution in [0, 0.1) is 0 Å². The molecule has 0 spiro atoms. The molecule has 0 heterocycles. The van der Waals surface area contributed by atoms with Crippen LogP contribution in [0.3, 0.4) is 0 Å². The Balaban J connectivity index is 1.72. The van der Waals surface area contributed by atoms with E-state index < -0.39 is 0 Å². The van der Waals surface area contributed by atoms with Crippen molar-refractivity contribution in [2.24, 2.45) is 0 Å². The van der Waals surface area contributed by atoms with Crippen molar-refractivity contribution in [3.05, 3.63) is 0 Å². The molecule has 66 heavy (non-hydrogen) atoms.